The first-order valence-electron chi connectivity index (χ1n) is 37.3. The van der Waals surface area contributed by atoms with Gasteiger partial charge in [-0.2, -0.15) is 0 Å². The van der Waals surface area contributed by atoms with Crippen LogP contribution in [-0.4, -0.2) is 193 Å². The normalized spacial score (nSPS) is 27.7. The number of allylic oxidation sites excluding steroid dienone is 13. The highest BCUT2D eigenvalue weighted by Crippen LogP contribution is 2.33. The van der Waals surface area contributed by atoms with Crippen LogP contribution in [0.4, 0.5) is 0 Å². The topological polar surface area (TPSA) is 307 Å². The van der Waals surface area contributed by atoms with E-state index >= 15 is 0 Å². The van der Waals surface area contributed by atoms with Crippen LogP contribution in [0.2, 0.25) is 0 Å². The van der Waals surface area contributed by atoms with Gasteiger partial charge in [0, 0.05) is 6.42 Å². The lowest BCUT2D eigenvalue weighted by Crippen LogP contribution is -2.66. The van der Waals surface area contributed by atoms with Crippen molar-refractivity contribution in [2.45, 2.75) is 362 Å². The molecule has 0 radical (unpaired) electrons. The van der Waals surface area contributed by atoms with E-state index in [-0.39, 0.29) is 18.9 Å². The maximum Gasteiger partial charge on any atom is 0.220 e. The highest BCUT2D eigenvalue weighted by atomic mass is 16.8. The molecule has 0 aromatic rings. The van der Waals surface area contributed by atoms with Crippen molar-refractivity contribution >= 4 is 5.91 Å². The van der Waals surface area contributed by atoms with Gasteiger partial charge in [-0.1, -0.05) is 266 Å². The molecule has 19 heteroatoms. The summed E-state index contributed by atoms with van der Waals surface area (Å²) in [6.45, 7) is 1.62. The van der Waals surface area contributed by atoms with Crippen LogP contribution < -0.4 is 5.32 Å². The third-order valence-corrected chi connectivity index (χ3v) is 18.2. The van der Waals surface area contributed by atoms with Crippen molar-refractivity contribution in [2.24, 2.45) is 0 Å². The molecule has 0 aromatic carbocycles. The van der Waals surface area contributed by atoms with Crippen LogP contribution in [0.3, 0.4) is 0 Å². The summed E-state index contributed by atoms with van der Waals surface area (Å²) in [5.41, 5.74) is 0. The molecule has 0 spiro atoms. The smallest absolute Gasteiger partial charge is 0.220 e. The van der Waals surface area contributed by atoms with Gasteiger partial charge in [-0.15, -0.1) is 0 Å². The van der Waals surface area contributed by atoms with Crippen LogP contribution >= 0.6 is 0 Å². The van der Waals surface area contributed by atoms with Crippen molar-refractivity contribution in [2.75, 3.05) is 26.4 Å². The van der Waals surface area contributed by atoms with Crippen molar-refractivity contribution in [1.82, 2.24) is 5.32 Å². The molecule has 3 rings (SSSR count). The Morgan fingerprint density at radius 1 is 0.389 bits per heavy atom. The highest BCUT2D eigenvalue weighted by Gasteiger charge is 2.53. The number of aliphatic hydroxyl groups is 11. The summed E-state index contributed by atoms with van der Waals surface area (Å²) >= 11 is 0. The highest BCUT2D eigenvalue weighted by molar-refractivity contribution is 5.76. The first-order valence-corrected chi connectivity index (χ1v) is 37.3. The predicted octanol–water partition coefficient (Wildman–Crippen LogP) is 11.1. The van der Waals surface area contributed by atoms with Crippen LogP contribution in [0.25, 0.3) is 0 Å². The van der Waals surface area contributed by atoms with E-state index in [1.165, 1.54) is 128 Å². The number of hydrogen-bond acceptors (Lipinski definition) is 18. The molecule has 3 fully saturated rings. The Morgan fingerprint density at radius 2 is 0.726 bits per heavy atom. The molecule has 95 heavy (non-hydrogen) atoms. The zero-order valence-electron chi connectivity index (χ0n) is 58.4. The van der Waals surface area contributed by atoms with Crippen molar-refractivity contribution in [3.63, 3.8) is 0 Å². The van der Waals surface area contributed by atoms with Crippen LogP contribution in [0.15, 0.2) is 85.1 Å². The summed E-state index contributed by atoms with van der Waals surface area (Å²) < 4.78 is 34.4. The molecular weight excluding hydrogens is 1210 g/mol. The molecule has 3 aliphatic rings. The third-order valence-electron chi connectivity index (χ3n) is 18.2. The fraction of sp³-hybridized carbons (Fsp3) is 0.803. The number of carbonyl (C=O) groups is 1. The van der Waals surface area contributed by atoms with E-state index in [9.17, 15) is 61.0 Å². The molecule has 0 saturated carbocycles. The summed E-state index contributed by atoms with van der Waals surface area (Å²) in [4.78, 5) is 13.4. The van der Waals surface area contributed by atoms with Gasteiger partial charge in [0.05, 0.1) is 38.6 Å². The minimum absolute atomic E-state index is 0.222. The van der Waals surface area contributed by atoms with Gasteiger partial charge in [-0.3, -0.25) is 4.79 Å². The van der Waals surface area contributed by atoms with E-state index in [0.717, 1.165) is 103 Å². The fourth-order valence-electron chi connectivity index (χ4n) is 12.2. The standard InChI is InChI=1S/C76H133NO18/c1-3-5-7-9-11-13-15-17-19-21-23-25-27-29-31-33-35-37-39-41-43-45-47-49-51-53-60(81)59(77-64(82)54-52-50-48-46-44-42-40-38-36-34-32-30-28-26-24-22-20-18-16-14-12-10-8-6-4-2)58-90-74-70(88)67(85)72(62(56-79)92-74)95-76-71(89)68(86)73(63(57-80)93-76)94-75-69(87)66(84)65(83)61(55-78)91-75/h6,8,12,14,18,20,24,26,30,32,36,38,51,53,59-63,65-76,78-81,83-89H,3-5,7,9-11,13,15-17,19,21-23,25,27-29,31,33-35,37,39-50,52,54-58H2,1-2H3,(H,77,82)/b8-6-,14-12-,20-18-,26-24-,32-30-,38-36-,53-51+. The summed E-state index contributed by atoms with van der Waals surface area (Å²) in [6, 6.07) is -0.988. The first kappa shape index (κ1) is 86.2. The Hall–Kier alpha value is -3.03. The van der Waals surface area contributed by atoms with Gasteiger partial charge in [0.2, 0.25) is 5.91 Å². The monoisotopic (exact) mass is 1350 g/mol. The Labute approximate surface area is 571 Å². The number of aliphatic hydroxyl groups excluding tert-OH is 11. The summed E-state index contributed by atoms with van der Waals surface area (Å²) in [5, 5.41) is 121. The Morgan fingerprint density at radius 3 is 1.14 bits per heavy atom. The minimum Gasteiger partial charge on any atom is -0.394 e. The first-order chi connectivity index (χ1) is 46.3. The lowest BCUT2D eigenvalue weighted by Gasteiger charge is -2.48. The van der Waals surface area contributed by atoms with E-state index in [2.05, 4.69) is 92.1 Å². The summed E-state index contributed by atoms with van der Waals surface area (Å²) in [7, 11) is 0. The van der Waals surface area contributed by atoms with Gasteiger partial charge in [0.1, 0.15) is 73.2 Å². The number of rotatable bonds is 57. The molecule has 3 heterocycles. The molecule has 1 amide bonds. The maximum absolute atomic E-state index is 13.4. The largest absolute Gasteiger partial charge is 0.394 e. The minimum atomic E-state index is -1.98. The molecule has 3 aliphatic heterocycles. The molecule has 17 unspecified atom stereocenters. The second-order valence-corrected chi connectivity index (χ2v) is 26.4. The van der Waals surface area contributed by atoms with Gasteiger partial charge < -0.3 is 89.9 Å². The number of hydrogen-bond donors (Lipinski definition) is 12. The second-order valence-electron chi connectivity index (χ2n) is 26.4. The molecule has 3 saturated heterocycles. The summed E-state index contributed by atoms with van der Waals surface area (Å²) in [5.74, 6) is -0.291. The van der Waals surface area contributed by atoms with Crippen molar-refractivity contribution < 1.29 is 89.4 Å². The lowest BCUT2D eigenvalue weighted by atomic mass is 9.96. The summed E-state index contributed by atoms with van der Waals surface area (Å²) in [6.07, 6.45) is 46.9. The van der Waals surface area contributed by atoms with Gasteiger partial charge in [-0.05, 0) is 70.6 Å². The van der Waals surface area contributed by atoms with E-state index in [4.69, 9.17) is 28.4 Å². The SMILES string of the molecule is CC/C=C\C/C=C\C/C=C\C/C=C\C/C=C\C/C=C\CCCCCCCCC(=O)NC(COC1OC(CO)C(OC2OC(CO)C(OC3OC(CO)C(O)C(O)C3O)C(O)C2O)C(O)C1O)C(O)/C=C/CCCCCCCCCCCCCCCCCCCCCCCCC. The zero-order chi connectivity index (χ0) is 68.9. The molecule has 0 bridgehead atoms. The van der Waals surface area contributed by atoms with Crippen molar-refractivity contribution in [1.29, 1.82) is 0 Å². The number of ether oxygens (including phenoxy) is 6. The van der Waals surface area contributed by atoms with Gasteiger partial charge >= 0.3 is 0 Å². The van der Waals surface area contributed by atoms with Crippen molar-refractivity contribution in [3.8, 4) is 0 Å². The average molecular weight is 1350 g/mol. The second kappa shape index (κ2) is 56.7. The number of nitrogens with one attached hydrogen (secondary N) is 1. The number of unbranched alkanes of at least 4 members (excludes halogenated alkanes) is 29. The molecule has 12 N–H and O–H groups in total. The Kier molecular flexibility index (Phi) is 51.4. The van der Waals surface area contributed by atoms with E-state index in [1.54, 1.807) is 6.08 Å². The zero-order valence-corrected chi connectivity index (χ0v) is 58.4. The fourth-order valence-corrected chi connectivity index (χ4v) is 12.2. The van der Waals surface area contributed by atoms with Crippen LogP contribution in [0.5, 0.6) is 0 Å². The van der Waals surface area contributed by atoms with E-state index < -0.39 is 124 Å². The average Bonchev–Trinajstić information content (AvgIpc) is 0.787. The number of carbonyl (C=O) groups excluding carboxylic acids is 1. The van der Waals surface area contributed by atoms with Crippen LogP contribution in [-0.2, 0) is 33.2 Å². The quantitative estimate of drug-likeness (QED) is 0.0199. The molecule has 17 atom stereocenters. The van der Waals surface area contributed by atoms with E-state index in [0.29, 0.717) is 6.42 Å². The molecular formula is C76H133NO18. The van der Waals surface area contributed by atoms with Crippen molar-refractivity contribution in [3.05, 3.63) is 85.1 Å². The lowest BCUT2D eigenvalue weighted by molar-refractivity contribution is -0.379. The van der Waals surface area contributed by atoms with Gasteiger partial charge in [0.25, 0.3) is 0 Å². The molecule has 0 aromatic heterocycles. The Bertz CT molecular complexity index is 2050. The predicted molar refractivity (Wildman–Crippen MR) is 374 cm³/mol. The van der Waals surface area contributed by atoms with Gasteiger partial charge in [0.15, 0.2) is 18.9 Å². The third kappa shape index (κ3) is 37.8. The number of amides is 1. The van der Waals surface area contributed by atoms with Gasteiger partial charge in [-0.25, -0.2) is 0 Å². The van der Waals surface area contributed by atoms with E-state index in [1.807, 2.05) is 6.08 Å². The molecule has 19 nitrogen and oxygen atoms in total. The molecule has 0 aliphatic carbocycles. The van der Waals surface area contributed by atoms with Crippen LogP contribution in [0.1, 0.15) is 258 Å². The Balaban J connectivity index is 1.43. The maximum atomic E-state index is 13.4. The molecule has 550 valence electrons. The van der Waals surface area contributed by atoms with Crippen LogP contribution in [0, 0.1) is 0 Å².